The Kier molecular flexibility index (Phi) is 34.0. The molecular weight excluding hydrogens is 1860 g/mol. The number of aryl methyl sites for hydroxylation is 3. The second-order valence-corrected chi connectivity index (χ2v) is 48.3. The molecule has 12 aliphatic carbocycles. The van der Waals surface area contributed by atoms with Crippen molar-refractivity contribution in [2.24, 2.45) is 53.3 Å². The highest BCUT2D eigenvalue weighted by molar-refractivity contribution is 7.98. The van der Waals surface area contributed by atoms with Gasteiger partial charge in [0.05, 0.1) is 32.7 Å². The summed E-state index contributed by atoms with van der Waals surface area (Å²) in [7, 11) is -0.174. The maximum absolute atomic E-state index is 13.4. The Balaban J connectivity index is 0.000000137. The van der Waals surface area contributed by atoms with Crippen LogP contribution in [0.4, 0.5) is 26.3 Å². The minimum absolute atomic E-state index is 0.0394. The van der Waals surface area contributed by atoms with Crippen LogP contribution >= 0.6 is 36.1 Å². The molecule has 720 valence electrons. The Morgan fingerprint density at radius 2 is 0.467 bits per heavy atom. The van der Waals surface area contributed by atoms with Crippen LogP contribution in [0.3, 0.4) is 0 Å². The minimum atomic E-state index is -4.03. The van der Waals surface area contributed by atoms with E-state index in [1.807, 2.05) is 0 Å². The van der Waals surface area contributed by atoms with Crippen LogP contribution in [0.2, 0.25) is 0 Å². The average Bonchev–Trinajstić information content (AvgIpc) is 0.739. The van der Waals surface area contributed by atoms with Gasteiger partial charge in [-0.3, -0.25) is 29.5 Å². The number of ketones is 3. The molecule has 6 unspecified atom stereocenters. The Hall–Kier alpha value is -8.28. The normalized spacial score (nSPS) is 23.9. The molecule has 21 rings (SSSR count). The zero-order chi connectivity index (χ0) is 97.2. The molecule has 6 atom stereocenters. The molecule has 0 N–H and O–H groups in total. The van der Waals surface area contributed by atoms with Gasteiger partial charge in [-0.15, -0.1) is 0 Å². The Bertz CT molecular complexity index is 5040. The number of hydrogen-bond donors (Lipinski definition) is 0. The van der Waals surface area contributed by atoms with Crippen LogP contribution in [0.25, 0.3) is 0 Å². The van der Waals surface area contributed by atoms with Crippen molar-refractivity contribution >= 4 is 104 Å². The lowest BCUT2D eigenvalue weighted by molar-refractivity contribution is -0.777. The van der Waals surface area contributed by atoms with Crippen molar-refractivity contribution in [1.82, 2.24) is 0 Å². The van der Waals surface area contributed by atoms with Crippen LogP contribution < -0.4 is 15.8 Å². The van der Waals surface area contributed by atoms with Crippen LogP contribution in [0.1, 0.15) is 192 Å². The van der Waals surface area contributed by atoms with Crippen molar-refractivity contribution in [3.05, 3.63) is 270 Å². The van der Waals surface area contributed by atoms with Gasteiger partial charge in [-0.1, -0.05) is 206 Å². The molecular formula is C105H114F6O18S6. The lowest BCUT2D eigenvalue weighted by Gasteiger charge is -2.54. The summed E-state index contributed by atoms with van der Waals surface area (Å²) >= 11 is -2.08. The van der Waals surface area contributed by atoms with E-state index in [1.54, 1.807) is 0 Å². The predicted molar refractivity (Wildman–Crippen MR) is 501 cm³/mol. The topological polar surface area (TPSA) is 255 Å². The first-order valence-electron chi connectivity index (χ1n) is 45.2. The van der Waals surface area contributed by atoms with Crippen LogP contribution in [-0.2, 0) is 120 Å². The number of carbonyl (C=O) groups is 6. The number of rotatable bonds is 24. The summed E-state index contributed by atoms with van der Waals surface area (Å²) in [5, 5.41) is 25.1. The first-order chi connectivity index (χ1) is 63.9. The van der Waals surface area contributed by atoms with Gasteiger partial charge in [0, 0.05) is 35.5 Å². The molecule has 12 saturated carbocycles. The fourth-order valence-corrected chi connectivity index (χ4v) is 27.5. The molecule has 0 aliphatic heterocycles. The molecule has 9 aromatic carbocycles. The van der Waals surface area contributed by atoms with Gasteiger partial charge in [-0.2, -0.15) is 39.3 Å². The summed E-state index contributed by atoms with van der Waals surface area (Å²) in [5.41, 5.74) is 5.66. The van der Waals surface area contributed by atoms with Gasteiger partial charge in [0.25, 0.3) is 0 Å². The summed E-state index contributed by atoms with van der Waals surface area (Å²) in [6.45, 7) is 26.8. The molecule has 12 aliphatic rings. The third-order valence-electron chi connectivity index (χ3n) is 26.5. The number of esters is 3. The van der Waals surface area contributed by atoms with Gasteiger partial charge < -0.3 is 30.0 Å². The van der Waals surface area contributed by atoms with Gasteiger partial charge >= 0.3 is 33.7 Å². The summed E-state index contributed by atoms with van der Waals surface area (Å²) in [4.78, 5) is 83.1. The van der Waals surface area contributed by atoms with Crippen molar-refractivity contribution in [3.63, 3.8) is 0 Å². The van der Waals surface area contributed by atoms with Crippen molar-refractivity contribution in [2.45, 2.75) is 272 Å². The largest absolute Gasteiger partial charge is 0.691 e. The zero-order valence-electron chi connectivity index (χ0n) is 77.4. The highest BCUT2D eigenvalue weighted by Crippen LogP contribution is 2.60. The lowest BCUT2D eigenvalue weighted by atomic mass is 9.53. The zero-order valence-corrected chi connectivity index (χ0v) is 82.3. The third-order valence-corrected chi connectivity index (χ3v) is 34.7. The van der Waals surface area contributed by atoms with Crippen molar-refractivity contribution in [2.75, 3.05) is 0 Å². The summed E-state index contributed by atoms with van der Waals surface area (Å²) < 4.78 is 106. The number of hydrogen-bond acceptors (Lipinski definition) is 21. The highest BCUT2D eigenvalue weighted by Gasteiger charge is 2.63. The van der Waals surface area contributed by atoms with Gasteiger partial charge in [-0.05, 0) is 277 Å². The molecule has 0 amide bonds. The molecule has 9 aromatic rings. The van der Waals surface area contributed by atoms with Crippen LogP contribution in [0, 0.1) is 74.0 Å². The smallest absolute Gasteiger partial charge is 0.415 e. The number of ether oxygens (including phenoxy) is 3. The first kappa shape index (κ1) is 104. The van der Waals surface area contributed by atoms with Crippen molar-refractivity contribution < 1.29 is 113 Å². The van der Waals surface area contributed by atoms with E-state index in [1.165, 1.54) is 77.4 Å². The van der Waals surface area contributed by atoms with Crippen molar-refractivity contribution in [3.8, 4) is 0 Å². The summed E-state index contributed by atoms with van der Waals surface area (Å²) in [6.07, 6.45) is 7.94. The fourth-order valence-electron chi connectivity index (χ4n) is 20.6. The lowest BCUT2D eigenvalue weighted by Crippen LogP contribution is -2.57. The van der Waals surface area contributed by atoms with Gasteiger partial charge in [0.15, 0.2) is 44.1 Å². The van der Waals surface area contributed by atoms with E-state index in [-0.39, 0.29) is 120 Å². The van der Waals surface area contributed by atoms with Gasteiger partial charge in [0.2, 0.25) is 0 Å². The molecule has 12 bridgehead atoms. The Morgan fingerprint density at radius 3 is 0.644 bits per heavy atom. The summed E-state index contributed by atoms with van der Waals surface area (Å²) in [5.74, 6) is -5.18. The molecule has 0 aromatic heterocycles. The first-order valence-corrected chi connectivity index (χ1v) is 51.1. The second kappa shape index (κ2) is 44.0. The van der Waals surface area contributed by atoms with Crippen LogP contribution in [0.5, 0.6) is 0 Å². The molecule has 0 heterocycles. The summed E-state index contributed by atoms with van der Waals surface area (Å²) in [6, 6.07) is 86.9. The molecule has 0 spiro atoms. The quantitative estimate of drug-likeness (QED) is 0.0104. The molecule has 18 nitrogen and oxygen atoms in total. The number of Topliss-reactive ketones (excluding diaryl/α,β-unsaturated/α-hetero) is 3. The third kappa shape index (κ3) is 26.3. The highest BCUT2D eigenvalue weighted by atomic mass is 32.2. The van der Waals surface area contributed by atoms with Gasteiger partial charge in [0.1, 0.15) is 70.3 Å². The monoisotopic (exact) mass is 1970 g/mol. The van der Waals surface area contributed by atoms with E-state index < -0.39 is 86.6 Å². The van der Waals surface area contributed by atoms with Gasteiger partial charge in [-0.25, -0.2) is 14.4 Å². The average molecular weight is 1970 g/mol. The van der Waals surface area contributed by atoms with E-state index >= 15 is 0 Å². The minimum Gasteiger partial charge on any atom is -0.691 e. The molecule has 0 radical (unpaired) electrons. The van der Waals surface area contributed by atoms with E-state index in [2.05, 4.69) is 348 Å². The standard InChI is InChI=1S/C26H31S.C22H23S.C21H21S.3C12H14F2O6S/c1-25(2,3)20-12-16-23(17-13-20)27(22-10-8-7-9-11-22)24-18-14-21(15-19-24)26(4,5)6;1-22(2,3)18-14-16-21(17-15-18)23(19-10-6-4-7-11-19)20-12-8-5-9-13-20;1-16-4-10-19(11-5-16)22(20-12-6-17(2)7-13-20)21-14-8-18(3)9-15-21;3*13-12(14,21-20-19-17)10(16)18-11-3-6-1-7(4-11)9(15)8(2-6)5-11/h7-19H,1-6H3;4-17H,1-3H3;4-15H,1-3H3;3*6-8,17H,1-5H2/q3*+1;;;/p-3. The molecule has 0 saturated heterocycles. The number of benzene rings is 9. The second-order valence-electron chi connectivity index (χ2n) is 39.8. The molecule has 30 heteroatoms. The molecule has 12 fully saturated rings. The van der Waals surface area contributed by atoms with E-state index in [0.29, 0.717) is 57.8 Å². The number of carbonyl (C=O) groups excluding carboxylic acids is 6. The fraction of sp³-hybridized carbons (Fsp3) is 0.429. The van der Waals surface area contributed by atoms with Crippen LogP contribution in [0.15, 0.2) is 281 Å². The van der Waals surface area contributed by atoms with E-state index in [9.17, 15) is 70.9 Å². The SMILES string of the molecule is CC(C)(C)c1ccc([S+](c2ccccc2)c2ccc(C(C)(C)C)cc2)cc1.CC(C)(C)c1ccc([S+](c2ccccc2)c2ccccc2)cc1.Cc1ccc([S+](c2ccc(C)cc2)c2ccc(C)cc2)cc1.O=C1C2CC3CC1CC(OC(=O)C(F)(F)SOO[O-])(C3)C2.O=C1C2CC3CC1CC(OC(=O)C(F)(F)SOO[O-])(C3)C2.O=C1C2CC3CC1CC(OC(=O)C(F)(F)SOO[O-])(C3)C2. The van der Waals surface area contributed by atoms with E-state index in [4.69, 9.17) is 14.2 Å². The maximum atomic E-state index is 13.4. The van der Waals surface area contributed by atoms with Crippen molar-refractivity contribution in [1.29, 1.82) is 0 Å². The predicted octanol–water partition coefficient (Wildman–Crippen LogP) is 22.6. The number of halogens is 6. The van der Waals surface area contributed by atoms with Crippen LogP contribution in [-0.4, -0.2) is 67.8 Å². The molecule has 135 heavy (non-hydrogen) atoms. The van der Waals surface area contributed by atoms with E-state index in [0.717, 1.165) is 38.5 Å². The Morgan fingerprint density at radius 1 is 0.289 bits per heavy atom. The Labute approximate surface area is 807 Å². The number of alkyl halides is 6. The maximum Gasteiger partial charge on any atom is 0.415 e.